The molecular formula is C17H27FO2. The van der Waals surface area contributed by atoms with Crippen molar-refractivity contribution in [2.75, 3.05) is 7.11 Å². The number of rotatable bonds is 10. The quantitative estimate of drug-likeness (QED) is 0.641. The molecule has 1 aromatic carbocycles. The SMILES string of the molecule is CCCCCCCCC(O)Cc1cccc(OC)c1F. The second-order valence-electron chi connectivity index (χ2n) is 5.35. The molecule has 1 unspecified atom stereocenters. The van der Waals surface area contributed by atoms with E-state index in [4.69, 9.17) is 4.74 Å². The molecule has 1 atom stereocenters. The Bertz CT molecular complexity index is 379. The van der Waals surface area contributed by atoms with Gasteiger partial charge in [0.05, 0.1) is 13.2 Å². The van der Waals surface area contributed by atoms with E-state index in [1.165, 1.54) is 32.8 Å². The van der Waals surface area contributed by atoms with Crippen molar-refractivity contribution in [1.82, 2.24) is 0 Å². The molecule has 0 aromatic heterocycles. The average Bonchev–Trinajstić information content (AvgIpc) is 2.45. The molecule has 3 heteroatoms. The summed E-state index contributed by atoms with van der Waals surface area (Å²) in [4.78, 5) is 0. The van der Waals surface area contributed by atoms with Gasteiger partial charge in [0, 0.05) is 6.42 Å². The molecule has 1 rings (SSSR count). The molecule has 1 aromatic rings. The van der Waals surface area contributed by atoms with Gasteiger partial charge in [-0.1, -0.05) is 57.6 Å². The number of benzene rings is 1. The molecule has 0 aliphatic carbocycles. The van der Waals surface area contributed by atoms with Crippen LogP contribution in [-0.4, -0.2) is 18.3 Å². The smallest absolute Gasteiger partial charge is 0.168 e. The summed E-state index contributed by atoms with van der Waals surface area (Å²) in [6.07, 6.45) is 7.83. The molecule has 0 bridgehead atoms. The average molecular weight is 282 g/mol. The Morgan fingerprint density at radius 3 is 2.55 bits per heavy atom. The molecule has 0 amide bonds. The third kappa shape index (κ3) is 5.91. The number of aliphatic hydroxyl groups is 1. The second kappa shape index (κ2) is 9.76. The van der Waals surface area contributed by atoms with Gasteiger partial charge in [-0.3, -0.25) is 0 Å². The van der Waals surface area contributed by atoms with Crippen molar-refractivity contribution >= 4 is 0 Å². The van der Waals surface area contributed by atoms with E-state index in [0.717, 1.165) is 19.3 Å². The number of unbranched alkanes of at least 4 members (excludes halogenated alkanes) is 5. The maximum absolute atomic E-state index is 13.9. The molecule has 2 nitrogen and oxygen atoms in total. The lowest BCUT2D eigenvalue weighted by Crippen LogP contribution is -2.11. The van der Waals surface area contributed by atoms with E-state index >= 15 is 0 Å². The predicted octanol–water partition coefficient (Wildman–Crippen LogP) is 4.49. The molecule has 0 saturated heterocycles. The third-order valence-corrected chi connectivity index (χ3v) is 3.61. The summed E-state index contributed by atoms with van der Waals surface area (Å²) in [7, 11) is 1.45. The Morgan fingerprint density at radius 2 is 1.85 bits per heavy atom. The fourth-order valence-electron chi connectivity index (χ4n) is 2.39. The number of aliphatic hydroxyl groups excluding tert-OH is 1. The lowest BCUT2D eigenvalue weighted by atomic mass is 10.0. The van der Waals surface area contributed by atoms with Crippen LogP contribution in [-0.2, 0) is 6.42 Å². The fraction of sp³-hybridized carbons (Fsp3) is 0.647. The Labute approximate surface area is 122 Å². The Morgan fingerprint density at radius 1 is 1.15 bits per heavy atom. The minimum absolute atomic E-state index is 0.245. The van der Waals surface area contributed by atoms with Crippen LogP contribution in [0, 0.1) is 5.82 Å². The van der Waals surface area contributed by atoms with Crippen molar-refractivity contribution in [3.8, 4) is 5.75 Å². The molecule has 0 aliphatic heterocycles. The zero-order valence-electron chi connectivity index (χ0n) is 12.7. The van der Waals surface area contributed by atoms with Gasteiger partial charge in [0.1, 0.15) is 0 Å². The van der Waals surface area contributed by atoms with Gasteiger partial charge in [0.15, 0.2) is 11.6 Å². The largest absolute Gasteiger partial charge is 0.494 e. The van der Waals surface area contributed by atoms with Gasteiger partial charge >= 0.3 is 0 Å². The number of hydrogen-bond donors (Lipinski definition) is 1. The highest BCUT2D eigenvalue weighted by atomic mass is 19.1. The molecule has 0 spiro atoms. The van der Waals surface area contributed by atoms with Crippen LogP contribution in [0.25, 0.3) is 0 Å². The van der Waals surface area contributed by atoms with Crippen molar-refractivity contribution in [1.29, 1.82) is 0 Å². The maximum Gasteiger partial charge on any atom is 0.168 e. The van der Waals surface area contributed by atoms with Crippen LogP contribution in [0.2, 0.25) is 0 Å². The molecule has 0 heterocycles. The summed E-state index contributed by atoms with van der Waals surface area (Å²) in [5.41, 5.74) is 0.530. The first-order chi connectivity index (χ1) is 9.69. The maximum atomic E-state index is 13.9. The van der Waals surface area contributed by atoms with E-state index in [1.807, 2.05) is 0 Å². The van der Waals surface area contributed by atoms with E-state index in [1.54, 1.807) is 18.2 Å². The van der Waals surface area contributed by atoms with Crippen LogP contribution in [0.1, 0.15) is 57.4 Å². The van der Waals surface area contributed by atoms with Crippen molar-refractivity contribution in [3.05, 3.63) is 29.6 Å². The highest BCUT2D eigenvalue weighted by molar-refractivity contribution is 5.31. The first kappa shape index (κ1) is 17.0. The Balaban J connectivity index is 2.30. The monoisotopic (exact) mass is 282 g/mol. The van der Waals surface area contributed by atoms with Gasteiger partial charge in [0.2, 0.25) is 0 Å². The molecule has 0 radical (unpaired) electrons. The highest BCUT2D eigenvalue weighted by Crippen LogP contribution is 2.22. The molecule has 1 N–H and O–H groups in total. The minimum Gasteiger partial charge on any atom is -0.494 e. The van der Waals surface area contributed by atoms with Crippen LogP contribution in [0.15, 0.2) is 18.2 Å². The third-order valence-electron chi connectivity index (χ3n) is 3.61. The lowest BCUT2D eigenvalue weighted by molar-refractivity contribution is 0.159. The lowest BCUT2D eigenvalue weighted by Gasteiger charge is -2.12. The summed E-state index contributed by atoms with van der Waals surface area (Å²) < 4.78 is 18.9. The number of halogens is 1. The summed E-state index contributed by atoms with van der Waals surface area (Å²) in [5, 5.41) is 9.99. The zero-order chi connectivity index (χ0) is 14.8. The first-order valence-corrected chi connectivity index (χ1v) is 7.68. The van der Waals surface area contributed by atoms with Crippen molar-refractivity contribution in [2.45, 2.75) is 64.4 Å². The molecule has 20 heavy (non-hydrogen) atoms. The molecular weight excluding hydrogens is 255 g/mol. The summed E-state index contributed by atoms with van der Waals surface area (Å²) >= 11 is 0. The van der Waals surface area contributed by atoms with Crippen molar-refractivity contribution < 1.29 is 14.2 Å². The van der Waals surface area contributed by atoms with E-state index in [9.17, 15) is 9.50 Å². The van der Waals surface area contributed by atoms with Crippen LogP contribution in [0.5, 0.6) is 5.75 Å². The predicted molar refractivity (Wildman–Crippen MR) is 80.7 cm³/mol. The Hall–Kier alpha value is -1.09. The molecule has 0 aliphatic rings. The van der Waals surface area contributed by atoms with Gasteiger partial charge in [-0.05, 0) is 18.1 Å². The highest BCUT2D eigenvalue weighted by Gasteiger charge is 2.12. The van der Waals surface area contributed by atoms with E-state index in [-0.39, 0.29) is 11.6 Å². The van der Waals surface area contributed by atoms with E-state index in [0.29, 0.717) is 12.0 Å². The number of methoxy groups -OCH3 is 1. The van der Waals surface area contributed by atoms with Gasteiger partial charge < -0.3 is 9.84 Å². The standard InChI is InChI=1S/C17H27FO2/c1-3-4-5-6-7-8-11-15(19)13-14-10-9-12-16(20-2)17(14)18/h9-10,12,15,19H,3-8,11,13H2,1-2H3. The second-order valence-corrected chi connectivity index (χ2v) is 5.35. The topological polar surface area (TPSA) is 29.5 Å². The van der Waals surface area contributed by atoms with Gasteiger partial charge in [0.25, 0.3) is 0 Å². The zero-order valence-corrected chi connectivity index (χ0v) is 12.7. The Kier molecular flexibility index (Phi) is 8.28. The van der Waals surface area contributed by atoms with Crippen molar-refractivity contribution in [2.24, 2.45) is 0 Å². The van der Waals surface area contributed by atoms with Crippen LogP contribution in [0.4, 0.5) is 4.39 Å². The first-order valence-electron chi connectivity index (χ1n) is 7.68. The van der Waals surface area contributed by atoms with E-state index in [2.05, 4.69) is 6.92 Å². The van der Waals surface area contributed by atoms with Gasteiger partial charge in [-0.2, -0.15) is 0 Å². The van der Waals surface area contributed by atoms with Gasteiger partial charge in [-0.15, -0.1) is 0 Å². The minimum atomic E-state index is -0.470. The van der Waals surface area contributed by atoms with Crippen LogP contribution >= 0.6 is 0 Å². The summed E-state index contributed by atoms with van der Waals surface area (Å²) in [5.74, 6) is -0.105. The molecule has 0 fully saturated rings. The molecule has 0 saturated carbocycles. The van der Waals surface area contributed by atoms with Crippen LogP contribution in [0.3, 0.4) is 0 Å². The van der Waals surface area contributed by atoms with E-state index < -0.39 is 6.10 Å². The number of ether oxygens (including phenoxy) is 1. The fourth-order valence-corrected chi connectivity index (χ4v) is 2.39. The summed E-state index contributed by atoms with van der Waals surface area (Å²) in [6, 6.07) is 5.07. The normalized spacial score (nSPS) is 12.4. The molecule has 114 valence electrons. The summed E-state index contributed by atoms with van der Waals surface area (Å²) in [6.45, 7) is 2.20. The van der Waals surface area contributed by atoms with Crippen molar-refractivity contribution in [3.63, 3.8) is 0 Å². The number of hydrogen-bond acceptors (Lipinski definition) is 2. The van der Waals surface area contributed by atoms with Gasteiger partial charge in [-0.25, -0.2) is 4.39 Å². The van der Waals surface area contributed by atoms with Crippen LogP contribution < -0.4 is 4.74 Å².